The number of aliphatic hydroxyl groups excluding tert-OH is 1. The molecule has 0 amide bonds. The number of carbonyl (C=O) groups excluding carboxylic acids is 1. The Morgan fingerprint density at radius 2 is 2.64 bits per heavy atom. The molecule has 1 N–H and O–H groups in total. The number of nitrogens with zero attached hydrogens (tertiary/aromatic N) is 2. The second-order valence-corrected chi connectivity index (χ2v) is 2.75. The molecule has 0 saturated heterocycles. The quantitative estimate of drug-likeness (QED) is 0.691. The van der Waals surface area contributed by atoms with Crippen LogP contribution in [0.15, 0.2) is 19.0 Å². The number of carbonyl (C=O) groups is 1. The van der Waals surface area contributed by atoms with Crippen LogP contribution in [0.2, 0.25) is 0 Å². The fourth-order valence-electron chi connectivity index (χ4n) is 1.03. The van der Waals surface area contributed by atoms with Gasteiger partial charge < -0.3 is 9.84 Å². The predicted molar refractivity (Wildman–Crippen MR) is 50.3 cm³/mol. The van der Waals surface area contributed by atoms with Gasteiger partial charge in [-0.25, -0.2) is 9.48 Å². The fraction of sp³-hybridized carbons (Fsp3) is 0.333. The van der Waals surface area contributed by atoms with Gasteiger partial charge in [-0.15, -0.1) is 0 Å². The summed E-state index contributed by atoms with van der Waals surface area (Å²) in [6, 6.07) is 0. The zero-order valence-electron chi connectivity index (χ0n) is 7.88. The van der Waals surface area contributed by atoms with E-state index in [0.717, 1.165) is 5.56 Å². The van der Waals surface area contributed by atoms with Crippen molar-refractivity contribution in [1.82, 2.24) is 9.78 Å². The molecule has 14 heavy (non-hydrogen) atoms. The largest absolute Gasteiger partial charge is 0.467 e. The second kappa shape index (κ2) is 4.57. The van der Waals surface area contributed by atoms with Gasteiger partial charge in [0.15, 0.2) is 6.10 Å². The van der Waals surface area contributed by atoms with E-state index in [0.29, 0.717) is 0 Å². The minimum Gasteiger partial charge on any atom is -0.467 e. The maximum absolute atomic E-state index is 10.9. The molecule has 1 aromatic rings. The molecule has 0 saturated carbocycles. The molecule has 0 aliphatic heterocycles. The molecule has 0 fully saturated rings. The minimum absolute atomic E-state index is 0.195. The van der Waals surface area contributed by atoms with E-state index < -0.39 is 12.1 Å². The van der Waals surface area contributed by atoms with Gasteiger partial charge in [0, 0.05) is 18.8 Å². The molecule has 0 spiro atoms. The van der Waals surface area contributed by atoms with Crippen molar-refractivity contribution < 1.29 is 14.6 Å². The molecule has 1 aromatic heterocycles. The van der Waals surface area contributed by atoms with Crippen molar-refractivity contribution in [2.24, 2.45) is 0 Å². The molecule has 5 nitrogen and oxygen atoms in total. The highest BCUT2D eigenvalue weighted by Crippen LogP contribution is 2.03. The summed E-state index contributed by atoms with van der Waals surface area (Å²) in [6.45, 7) is 3.52. The topological polar surface area (TPSA) is 64.4 Å². The van der Waals surface area contributed by atoms with Gasteiger partial charge in [0.05, 0.1) is 13.3 Å². The second-order valence-electron chi connectivity index (χ2n) is 2.75. The maximum Gasteiger partial charge on any atom is 0.335 e. The van der Waals surface area contributed by atoms with Gasteiger partial charge in [0.1, 0.15) is 0 Å². The van der Waals surface area contributed by atoms with Crippen LogP contribution in [0.1, 0.15) is 5.56 Å². The first-order chi connectivity index (χ1) is 6.67. The number of esters is 1. The van der Waals surface area contributed by atoms with Gasteiger partial charge in [0.2, 0.25) is 0 Å². The fourth-order valence-corrected chi connectivity index (χ4v) is 1.03. The van der Waals surface area contributed by atoms with E-state index in [-0.39, 0.29) is 6.42 Å². The van der Waals surface area contributed by atoms with E-state index in [1.807, 2.05) is 0 Å². The van der Waals surface area contributed by atoms with Crippen LogP contribution in [0.5, 0.6) is 0 Å². The van der Waals surface area contributed by atoms with Gasteiger partial charge in [-0.3, -0.25) is 0 Å². The molecule has 1 unspecified atom stereocenters. The summed E-state index contributed by atoms with van der Waals surface area (Å²) < 4.78 is 5.88. The predicted octanol–water partition coefficient (Wildman–Crippen LogP) is 0.0600. The van der Waals surface area contributed by atoms with Gasteiger partial charge in [-0.05, 0) is 5.56 Å². The highest BCUT2D eigenvalue weighted by molar-refractivity contribution is 5.74. The lowest BCUT2D eigenvalue weighted by Crippen LogP contribution is -2.23. The average molecular weight is 196 g/mol. The van der Waals surface area contributed by atoms with E-state index >= 15 is 0 Å². The summed E-state index contributed by atoms with van der Waals surface area (Å²) in [5, 5.41) is 13.2. The van der Waals surface area contributed by atoms with Crippen LogP contribution in [-0.4, -0.2) is 34.1 Å². The van der Waals surface area contributed by atoms with Crippen LogP contribution in [0.4, 0.5) is 0 Å². The Bertz CT molecular complexity index is 333. The normalized spacial score (nSPS) is 12.1. The van der Waals surface area contributed by atoms with Crippen LogP contribution in [0.3, 0.4) is 0 Å². The highest BCUT2D eigenvalue weighted by Gasteiger charge is 2.16. The first kappa shape index (κ1) is 10.5. The van der Waals surface area contributed by atoms with E-state index in [1.165, 1.54) is 18.0 Å². The molecule has 0 aromatic carbocycles. The van der Waals surface area contributed by atoms with Crippen LogP contribution in [0, 0.1) is 0 Å². The van der Waals surface area contributed by atoms with E-state index in [4.69, 9.17) is 0 Å². The van der Waals surface area contributed by atoms with Crippen molar-refractivity contribution >= 4 is 12.2 Å². The minimum atomic E-state index is -1.14. The molecule has 76 valence electrons. The van der Waals surface area contributed by atoms with Crippen molar-refractivity contribution in [2.75, 3.05) is 7.11 Å². The zero-order valence-corrected chi connectivity index (χ0v) is 7.88. The number of aliphatic hydroxyl groups is 1. The van der Waals surface area contributed by atoms with Gasteiger partial charge >= 0.3 is 5.97 Å². The summed E-state index contributed by atoms with van der Waals surface area (Å²) >= 11 is 0. The van der Waals surface area contributed by atoms with E-state index in [1.54, 1.807) is 12.4 Å². The number of aromatic nitrogens is 2. The van der Waals surface area contributed by atoms with Crippen LogP contribution >= 0.6 is 0 Å². The average Bonchev–Trinajstić information content (AvgIpc) is 2.64. The summed E-state index contributed by atoms with van der Waals surface area (Å²) in [5.41, 5.74) is 0.753. The van der Waals surface area contributed by atoms with Crippen LogP contribution in [-0.2, 0) is 16.0 Å². The standard InChI is InChI=1S/C9H12N2O3/c1-3-11-6-7(5-10-11)4-8(12)9(13)14-2/h3,5-6,8,12H,1,4H2,2H3. The van der Waals surface area contributed by atoms with Crippen LogP contribution < -0.4 is 0 Å². The molecule has 1 atom stereocenters. The smallest absolute Gasteiger partial charge is 0.335 e. The van der Waals surface area contributed by atoms with Crippen molar-refractivity contribution in [3.05, 3.63) is 24.5 Å². The highest BCUT2D eigenvalue weighted by atomic mass is 16.5. The molecule has 5 heteroatoms. The van der Waals surface area contributed by atoms with Gasteiger partial charge in [-0.2, -0.15) is 5.10 Å². The Morgan fingerprint density at radius 3 is 3.14 bits per heavy atom. The summed E-state index contributed by atoms with van der Waals surface area (Å²) in [6.07, 6.45) is 3.82. The molecule has 0 aliphatic carbocycles. The Morgan fingerprint density at radius 1 is 1.93 bits per heavy atom. The Kier molecular flexibility index (Phi) is 3.41. The first-order valence-electron chi connectivity index (χ1n) is 4.09. The van der Waals surface area contributed by atoms with Gasteiger partial charge in [0.25, 0.3) is 0 Å². The Labute approximate surface area is 81.6 Å². The molecule has 0 bridgehead atoms. The summed E-state index contributed by atoms with van der Waals surface area (Å²) in [4.78, 5) is 10.9. The lowest BCUT2D eigenvalue weighted by Gasteiger charge is -2.05. The molecular formula is C9H12N2O3. The molecule has 1 rings (SSSR count). The van der Waals surface area contributed by atoms with Crippen molar-refractivity contribution in [3.63, 3.8) is 0 Å². The summed E-state index contributed by atoms with van der Waals surface area (Å²) in [7, 11) is 1.23. The third-order valence-corrected chi connectivity index (χ3v) is 1.74. The third kappa shape index (κ3) is 2.43. The molecular weight excluding hydrogens is 184 g/mol. The summed E-state index contributed by atoms with van der Waals surface area (Å²) in [5.74, 6) is -0.642. The number of methoxy groups -OCH3 is 1. The Hall–Kier alpha value is -1.62. The molecule has 0 aliphatic rings. The van der Waals surface area contributed by atoms with E-state index in [2.05, 4.69) is 16.4 Å². The number of rotatable bonds is 4. The van der Waals surface area contributed by atoms with Crippen LogP contribution in [0.25, 0.3) is 6.20 Å². The SMILES string of the molecule is C=Cn1cc(CC(O)C(=O)OC)cn1. The van der Waals surface area contributed by atoms with E-state index in [9.17, 15) is 9.90 Å². The lowest BCUT2D eigenvalue weighted by molar-refractivity contribution is -0.150. The zero-order chi connectivity index (χ0) is 10.6. The number of ether oxygens (including phenoxy) is 1. The molecule has 1 heterocycles. The first-order valence-corrected chi connectivity index (χ1v) is 4.09. The lowest BCUT2D eigenvalue weighted by atomic mass is 10.1. The van der Waals surface area contributed by atoms with Crippen molar-refractivity contribution in [1.29, 1.82) is 0 Å². The Balaban J connectivity index is 2.59. The third-order valence-electron chi connectivity index (χ3n) is 1.74. The maximum atomic E-state index is 10.9. The molecule has 0 radical (unpaired) electrons. The van der Waals surface area contributed by atoms with Gasteiger partial charge in [-0.1, -0.05) is 6.58 Å². The monoisotopic (exact) mass is 196 g/mol. The van der Waals surface area contributed by atoms with Crippen molar-refractivity contribution in [2.45, 2.75) is 12.5 Å². The number of hydrogen-bond acceptors (Lipinski definition) is 4. The number of hydrogen-bond donors (Lipinski definition) is 1. The van der Waals surface area contributed by atoms with Crippen molar-refractivity contribution in [3.8, 4) is 0 Å².